The summed E-state index contributed by atoms with van der Waals surface area (Å²) in [5, 5.41) is 11.5. The first-order valence-corrected chi connectivity index (χ1v) is 17.6. The molecule has 2 atom stereocenters. The van der Waals surface area contributed by atoms with Gasteiger partial charge in [0, 0.05) is 44.8 Å². The van der Waals surface area contributed by atoms with Crippen molar-refractivity contribution in [3.05, 3.63) is 82.0 Å². The van der Waals surface area contributed by atoms with Gasteiger partial charge < -0.3 is 14.9 Å². The van der Waals surface area contributed by atoms with Crippen LogP contribution in [0, 0.1) is 11.8 Å². The van der Waals surface area contributed by atoms with Gasteiger partial charge in [0.2, 0.25) is 11.8 Å². The number of hydrogen-bond acceptors (Lipinski definition) is 6. The minimum absolute atomic E-state index is 0.0340. The summed E-state index contributed by atoms with van der Waals surface area (Å²) in [4.78, 5) is 39.2. The lowest BCUT2D eigenvalue weighted by atomic mass is 9.84. The zero-order valence-corrected chi connectivity index (χ0v) is 28.9. The Morgan fingerprint density at radius 1 is 1.02 bits per heavy atom. The number of anilines is 2. The van der Waals surface area contributed by atoms with Crippen LogP contribution >= 0.6 is 11.6 Å². The van der Waals surface area contributed by atoms with E-state index in [-0.39, 0.29) is 30.0 Å². The lowest BCUT2D eigenvalue weighted by Crippen LogP contribution is -2.53. The normalized spacial score (nSPS) is 22.7. The number of phenols is 1. The van der Waals surface area contributed by atoms with Gasteiger partial charge in [-0.3, -0.25) is 19.4 Å². The molecule has 1 aliphatic carbocycles. The number of amides is 2. The Morgan fingerprint density at radius 3 is 2.43 bits per heavy atom. The number of carbonyl (C=O) groups is 2. The Labute approximate surface area is 284 Å². The van der Waals surface area contributed by atoms with Gasteiger partial charge in [-0.2, -0.15) is 0 Å². The van der Waals surface area contributed by atoms with Gasteiger partial charge >= 0.3 is 0 Å². The number of fused-ring (bicyclic) bond motifs is 1. The van der Waals surface area contributed by atoms with Gasteiger partial charge in [0.1, 0.15) is 11.6 Å². The first-order valence-electron chi connectivity index (χ1n) is 17.2. The maximum Gasteiger partial charge on any atom is 0.236 e. The van der Waals surface area contributed by atoms with Gasteiger partial charge in [-0.15, -0.1) is 0 Å². The van der Waals surface area contributed by atoms with Gasteiger partial charge in [-0.05, 0) is 103 Å². The quantitative estimate of drug-likeness (QED) is 0.284. The highest BCUT2D eigenvalue weighted by Crippen LogP contribution is 2.42. The van der Waals surface area contributed by atoms with E-state index >= 15 is 0 Å². The van der Waals surface area contributed by atoms with Crippen LogP contribution in [0.1, 0.15) is 74.2 Å². The molecule has 0 spiro atoms. The lowest BCUT2D eigenvalue weighted by molar-refractivity contribution is -0.135. The third-order valence-corrected chi connectivity index (χ3v) is 11.0. The van der Waals surface area contributed by atoms with Crippen LogP contribution in [0.15, 0.2) is 54.7 Å². The number of aromatic hydroxyl groups is 1. The number of phenolic OH excluding ortho intramolecular Hbond substituents is 1. The SMILES string of the molecule is CCC(C)Cc1cc2c(cc1O)CC(=O)N(c1ccc(N(C)CC3CCC(N4CCN(C)C(=O)C4)CC3)nc1)C2c1ccc(Cl)cc1. The molecule has 2 unspecified atom stereocenters. The van der Waals surface area contributed by atoms with Gasteiger partial charge in [0.05, 0.1) is 30.9 Å². The van der Waals surface area contributed by atoms with Crippen molar-refractivity contribution in [2.75, 3.05) is 50.1 Å². The average Bonchev–Trinajstić information content (AvgIpc) is 3.07. The fourth-order valence-electron chi connectivity index (χ4n) is 7.59. The van der Waals surface area contributed by atoms with Crippen LogP contribution in [0.3, 0.4) is 0 Å². The molecule has 3 heterocycles. The van der Waals surface area contributed by atoms with E-state index in [1.54, 1.807) is 6.07 Å². The molecule has 6 rings (SSSR count). The molecule has 3 aliphatic rings. The van der Waals surface area contributed by atoms with Crippen molar-refractivity contribution >= 4 is 34.9 Å². The molecule has 9 heteroatoms. The fourth-order valence-corrected chi connectivity index (χ4v) is 7.72. The van der Waals surface area contributed by atoms with Crippen LogP contribution in [0.5, 0.6) is 5.75 Å². The number of hydrogen-bond donors (Lipinski definition) is 1. The molecule has 0 radical (unpaired) electrons. The molecular weight excluding hydrogens is 610 g/mol. The Morgan fingerprint density at radius 2 is 1.77 bits per heavy atom. The number of rotatable bonds is 9. The maximum absolute atomic E-state index is 13.8. The Bertz CT molecular complexity index is 1570. The minimum atomic E-state index is -0.365. The second-order valence-corrected chi connectivity index (χ2v) is 14.4. The molecule has 2 aromatic carbocycles. The molecular formula is C38H48ClN5O3. The number of piperazine rings is 1. The summed E-state index contributed by atoms with van der Waals surface area (Å²) in [5.74, 6) is 2.35. The molecule has 47 heavy (non-hydrogen) atoms. The Kier molecular flexibility index (Phi) is 10.1. The van der Waals surface area contributed by atoms with Gasteiger partial charge in [0.15, 0.2) is 0 Å². The van der Waals surface area contributed by atoms with E-state index in [1.807, 2.05) is 59.4 Å². The Balaban J connectivity index is 1.19. The van der Waals surface area contributed by atoms with Gasteiger partial charge in [0.25, 0.3) is 0 Å². The number of pyridine rings is 1. The summed E-state index contributed by atoms with van der Waals surface area (Å²) < 4.78 is 0. The summed E-state index contributed by atoms with van der Waals surface area (Å²) in [7, 11) is 3.99. The first kappa shape index (κ1) is 33.3. The van der Waals surface area contributed by atoms with Crippen LogP contribution < -0.4 is 9.80 Å². The average molecular weight is 658 g/mol. The number of halogens is 1. The molecule has 2 fully saturated rings. The van der Waals surface area contributed by atoms with Gasteiger partial charge in [-0.25, -0.2) is 4.98 Å². The summed E-state index contributed by atoms with van der Waals surface area (Å²) in [6.07, 6.45) is 8.37. The van der Waals surface area contributed by atoms with Crippen molar-refractivity contribution < 1.29 is 14.7 Å². The van der Waals surface area contributed by atoms with E-state index in [4.69, 9.17) is 16.6 Å². The van der Waals surface area contributed by atoms with Crippen molar-refractivity contribution in [2.24, 2.45) is 11.8 Å². The van der Waals surface area contributed by atoms with Crippen LogP contribution in [-0.2, 0) is 22.4 Å². The van der Waals surface area contributed by atoms with E-state index in [0.717, 1.165) is 91.9 Å². The molecule has 2 amide bonds. The third-order valence-electron chi connectivity index (χ3n) is 10.7. The van der Waals surface area contributed by atoms with Crippen LogP contribution in [0.2, 0.25) is 5.02 Å². The second-order valence-electron chi connectivity index (χ2n) is 14.0. The van der Waals surface area contributed by atoms with E-state index in [2.05, 4.69) is 36.8 Å². The zero-order valence-electron chi connectivity index (χ0n) is 28.2. The minimum Gasteiger partial charge on any atom is -0.508 e. The molecule has 1 N–H and O–H groups in total. The van der Waals surface area contributed by atoms with Crippen LogP contribution in [0.4, 0.5) is 11.5 Å². The number of carbonyl (C=O) groups excluding carboxylic acids is 2. The largest absolute Gasteiger partial charge is 0.508 e. The van der Waals surface area contributed by atoms with Crippen molar-refractivity contribution in [1.29, 1.82) is 0 Å². The highest BCUT2D eigenvalue weighted by atomic mass is 35.5. The number of aromatic nitrogens is 1. The van der Waals surface area contributed by atoms with Crippen LogP contribution in [0.25, 0.3) is 0 Å². The second kappa shape index (κ2) is 14.2. The van der Waals surface area contributed by atoms with E-state index in [1.165, 1.54) is 0 Å². The molecule has 3 aromatic rings. The summed E-state index contributed by atoms with van der Waals surface area (Å²) >= 11 is 6.28. The Hall–Kier alpha value is -3.62. The predicted molar refractivity (Wildman–Crippen MR) is 188 cm³/mol. The summed E-state index contributed by atoms with van der Waals surface area (Å²) in [6, 6.07) is 15.7. The molecule has 0 bridgehead atoms. The highest BCUT2D eigenvalue weighted by Gasteiger charge is 2.36. The third kappa shape index (κ3) is 7.29. The van der Waals surface area contributed by atoms with E-state index in [0.29, 0.717) is 29.4 Å². The molecule has 1 saturated heterocycles. The van der Waals surface area contributed by atoms with Crippen molar-refractivity contribution in [1.82, 2.24) is 14.8 Å². The maximum atomic E-state index is 13.8. The molecule has 250 valence electrons. The number of benzene rings is 2. The molecule has 1 saturated carbocycles. The molecule has 2 aliphatic heterocycles. The predicted octanol–water partition coefficient (Wildman–Crippen LogP) is 6.48. The smallest absolute Gasteiger partial charge is 0.236 e. The fraction of sp³-hybridized carbons (Fsp3) is 0.500. The highest BCUT2D eigenvalue weighted by molar-refractivity contribution is 6.30. The summed E-state index contributed by atoms with van der Waals surface area (Å²) in [6.45, 7) is 7.62. The monoisotopic (exact) mass is 657 g/mol. The lowest BCUT2D eigenvalue weighted by Gasteiger charge is -2.41. The number of nitrogens with zero attached hydrogens (tertiary/aromatic N) is 5. The van der Waals surface area contributed by atoms with Gasteiger partial charge in [-0.1, -0.05) is 44.0 Å². The molecule has 8 nitrogen and oxygen atoms in total. The van der Waals surface area contributed by atoms with Crippen molar-refractivity contribution in [3.63, 3.8) is 0 Å². The van der Waals surface area contributed by atoms with Crippen LogP contribution in [-0.4, -0.2) is 78.0 Å². The van der Waals surface area contributed by atoms with E-state index in [9.17, 15) is 14.7 Å². The topological polar surface area (TPSA) is 80.2 Å². The molecule has 1 aromatic heterocycles. The number of likely N-dealkylation sites (N-methyl/N-ethyl adjacent to an activating group) is 1. The van der Waals surface area contributed by atoms with Crippen molar-refractivity contribution in [2.45, 2.75) is 70.9 Å². The van der Waals surface area contributed by atoms with E-state index < -0.39 is 0 Å². The summed E-state index contributed by atoms with van der Waals surface area (Å²) in [5.41, 5.74) is 4.50. The standard InChI is InChI=1S/C38H48ClN5O3/c1-5-25(2)18-29-19-33-28(20-34(29)45)21-36(46)44(38(33)27-8-10-30(39)11-9-27)32-14-15-35(40-22-32)42(4)23-26-6-12-31(13-7-26)43-17-16-41(3)37(47)24-43/h8-11,14-15,19-20,22,25-26,31,38,45H,5-7,12-13,16-18,21,23-24H2,1-4H3. The zero-order chi connectivity index (χ0) is 33.2. The first-order chi connectivity index (χ1) is 22.6. The van der Waals surface area contributed by atoms with Crippen molar-refractivity contribution in [3.8, 4) is 5.75 Å².